The molecule has 2 amide bonds. The number of hydrogen-bond donors (Lipinski definition) is 1. The predicted octanol–water partition coefficient (Wildman–Crippen LogP) is 5.37. The highest BCUT2D eigenvalue weighted by atomic mass is 127. The minimum atomic E-state index is -4.07. The van der Waals surface area contributed by atoms with Crippen molar-refractivity contribution in [1.82, 2.24) is 10.2 Å². The van der Waals surface area contributed by atoms with Crippen LogP contribution in [0.5, 0.6) is 0 Å². The second-order valence-corrected chi connectivity index (χ2v) is 13.0. The van der Waals surface area contributed by atoms with Crippen molar-refractivity contribution in [2.75, 3.05) is 17.4 Å². The number of carbonyl (C=O) groups is 2. The summed E-state index contributed by atoms with van der Waals surface area (Å²) in [5, 5.41) is 2.95. The van der Waals surface area contributed by atoms with Crippen LogP contribution in [0.4, 0.5) is 5.69 Å². The summed E-state index contributed by atoms with van der Waals surface area (Å²) in [6, 6.07) is 22.0. The molecule has 1 N–H and O–H groups in total. The maximum atomic E-state index is 14.0. The smallest absolute Gasteiger partial charge is 0.264 e. The van der Waals surface area contributed by atoms with E-state index in [1.165, 1.54) is 17.0 Å². The van der Waals surface area contributed by atoms with Crippen molar-refractivity contribution in [2.24, 2.45) is 5.92 Å². The Balaban J connectivity index is 2.02. The predicted molar refractivity (Wildman–Crippen MR) is 164 cm³/mol. The van der Waals surface area contributed by atoms with E-state index >= 15 is 0 Å². The van der Waals surface area contributed by atoms with E-state index in [0.717, 1.165) is 19.0 Å². The molecule has 0 saturated heterocycles. The molecule has 0 heterocycles. The van der Waals surface area contributed by atoms with Gasteiger partial charge >= 0.3 is 0 Å². The third-order valence-electron chi connectivity index (χ3n) is 6.27. The fraction of sp³-hybridized carbons (Fsp3) is 0.333. The summed E-state index contributed by atoms with van der Waals surface area (Å²) in [6.45, 7) is 8.06. The minimum absolute atomic E-state index is 0.0863. The monoisotopic (exact) mass is 661 g/mol. The van der Waals surface area contributed by atoms with E-state index in [2.05, 4.69) is 27.9 Å². The second-order valence-electron chi connectivity index (χ2n) is 9.87. The molecule has 0 bridgehead atoms. The molecule has 1 unspecified atom stereocenters. The highest BCUT2D eigenvalue weighted by Crippen LogP contribution is 2.25. The first-order valence-electron chi connectivity index (χ1n) is 13.0. The zero-order chi connectivity index (χ0) is 28.6. The molecule has 3 aromatic carbocycles. The van der Waals surface area contributed by atoms with Crippen LogP contribution in [0.2, 0.25) is 0 Å². The summed E-state index contributed by atoms with van der Waals surface area (Å²) in [5.74, 6) is -0.460. The summed E-state index contributed by atoms with van der Waals surface area (Å²) < 4.78 is 29.7. The Hall–Kier alpha value is -2.92. The van der Waals surface area contributed by atoms with E-state index in [-0.39, 0.29) is 23.3 Å². The minimum Gasteiger partial charge on any atom is -0.354 e. The molecule has 0 radical (unpaired) electrons. The number of benzene rings is 3. The molecule has 0 aliphatic carbocycles. The second kappa shape index (κ2) is 13.9. The van der Waals surface area contributed by atoms with Gasteiger partial charge in [0.05, 0.1) is 10.6 Å². The Morgan fingerprint density at radius 1 is 0.923 bits per heavy atom. The molecule has 7 nitrogen and oxygen atoms in total. The lowest BCUT2D eigenvalue weighted by molar-refractivity contribution is -0.140. The van der Waals surface area contributed by atoms with E-state index in [1.54, 1.807) is 42.5 Å². The first-order chi connectivity index (χ1) is 18.5. The molecule has 0 spiro atoms. The molecule has 9 heteroatoms. The molecular formula is C30H36IN3O4S. The quantitative estimate of drug-likeness (QED) is 0.265. The summed E-state index contributed by atoms with van der Waals surface area (Å²) in [5.41, 5.74) is 2.31. The fourth-order valence-electron chi connectivity index (χ4n) is 4.09. The number of amides is 2. The van der Waals surface area contributed by atoms with E-state index in [4.69, 9.17) is 0 Å². The van der Waals surface area contributed by atoms with Gasteiger partial charge in [-0.1, -0.05) is 68.8 Å². The van der Waals surface area contributed by atoms with Gasteiger partial charge < -0.3 is 10.2 Å². The van der Waals surface area contributed by atoms with Gasteiger partial charge in [-0.05, 0) is 83.8 Å². The Labute approximate surface area is 245 Å². The van der Waals surface area contributed by atoms with Crippen LogP contribution in [0, 0.1) is 16.4 Å². The molecule has 1 atom stereocenters. The van der Waals surface area contributed by atoms with Crippen LogP contribution in [-0.2, 0) is 26.2 Å². The number of hydrogen-bond acceptors (Lipinski definition) is 4. The Morgan fingerprint density at radius 2 is 1.54 bits per heavy atom. The normalized spacial score (nSPS) is 12.2. The summed E-state index contributed by atoms with van der Waals surface area (Å²) in [7, 11) is -4.07. The third kappa shape index (κ3) is 8.28. The molecule has 0 aromatic heterocycles. The highest BCUT2D eigenvalue weighted by Gasteiger charge is 2.33. The number of nitrogens with one attached hydrogen (secondary N) is 1. The third-order valence-corrected chi connectivity index (χ3v) is 8.78. The molecule has 0 fully saturated rings. The van der Waals surface area contributed by atoms with Crippen molar-refractivity contribution < 1.29 is 18.0 Å². The Bertz CT molecular complexity index is 1350. The molecule has 39 heavy (non-hydrogen) atoms. The number of anilines is 1. The summed E-state index contributed by atoms with van der Waals surface area (Å²) in [4.78, 5) is 28.9. The largest absolute Gasteiger partial charge is 0.354 e. The van der Waals surface area contributed by atoms with E-state index in [9.17, 15) is 18.0 Å². The lowest BCUT2D eigenvalue weighted by Gasteiger charge is -2.33. The lowest BCUT2D eigenvalue weighted by Crippen LogP contribution is -2.52. The number of aryl methyl sites for hydroxylation is 1. The van der Waals surface area contributed by atoms with E-state index in [1.807, 2.05) is 52.0 Å². The topological polar surface area (TPSA) is 86.8 Å². The van der Waals surface area contributed by atoms with Gasteiger partial charge in [0.25, 0.3) is 10.0 Å². The van der Waals surface area contributed by atoms with Gasteiger partial charge in [0.15, 0.2) is 0 Å². The van der Waals surface area contributed by atoms with Crippen molar-refractivity contribution >= 4 is 50.1 Å². The van der Waals surface area contributed by atoms with Crippen molar-refractivity contribution in [1.29, 1.82) is 0 Å². The SMILES string of the molecule is CCC(C(=O)NCC(C)C)N(Cc1ccc(C)cc1)C(=O)CN(c1ccc(I)cc1)S(=O)(=O)c1ccccc1. The maximum absolute atomic E-state index is 14.0. The first kappa shape index (κ1) is 30.6. The van der Waals surface area contributed by atoms with Crippen LogP contribution < -0.4 is 9.62 Å². The molecule has 0 saturated carbocycles. The number of nitrogens with zero attached hydrogens (tertiary/aromatic N) is 2. The number of halogens is 1. The standard InChI is InChI=1S/C30H36IN3O4S/c1-5-28(30(36)32-19-22(2)3)33(20-24-13-11-23(4)12-14-24)29(35)21-34(26-17-15-25(31)16-18-26)39(37,38)27-9-7-6-8-10-27/h6-18,22,28H,5,19-21H2,1-4H3,(H,32,36). The van der Waals surface area contributed by atoms with Crippen LogP contribution in [0.1, 0.15) is 38.3 Å². The van der Waals surface area contributed by atoms with Gasteiger partial charge in [-0.15, -0.1) is 0 Å². The molecule has 3 rings (SSSR count). The zero-order valence-electron chi connectivity index (χ0n) is 22.8. The Kier molecular flexibility index (Phi) is 10.9. The molecule has 3 aromatic rings. The van der Waals surface area contributed by atoms with Crippen LogP contribution in [0.25, 0.3) is 0 Å². The van der Waals surface area contributed by atoms with Crippen molar-refractivity contribution in [3.05, 3.63) is 93.6 Å². The molecule has 0 aliphatic heterocycles. The van der Waals surface area contributed by atoms with Crippen molar-refractivity contribution in [2.45, 2.75) is 51.6 Å². The molecule has 208 valence electrons. The number of sulfonamides is 1. The average molecular weight is 662 g/mol. The van der Waals surface area contributed by atoms with Gasteiger partial charge in [0.1, 0.15) is 12.6 Å². The van der Waals surface area contributed by atoms with Crippen LogP contribution in [0.3, 0.4) is 0 Å². The number of carbonyl (C=O) groups excluding carboxylic acids is 2. The maximum Gasteiger partial charge on any atom is 0.264 e. The van der Waals surface area contributed by atoms with Gasteiger partial charge in [-0.2, -0.15) is 0 Å². The zero-order valence-corrected chi connectivity index (χ0v) is 25.8. The van der Waals surface area contributed by atoms with Gasteiger partial charge in [-0.3, -0.25) is 13.9 Å². The average Bonchev–Trinajstić information content (AvgIpc) is 2.92. The van der Waals surface area contributed by atoms with Crippen LogP contribution >= 0.6 is 22.6 Å². The van der Waals surface area contributed by atoms with Crippen LogP contribution in [-0.4, -0.2) is 44.3 Å². The van der Waals surface area contributed by atoms with Gasteiger partial charge in [0, 0.05) is 16.7 Å². The summed E-state index contributed by atoms with van der Waals surface area (Å²) in [6.07, 6.45) is 0.385. The molecule has 0 aliphatic rings. The first-order valence-corrected chi connectivity index (χ1v) is 15.5. The van der Waals surface area contributed by atoms with Gasteiger partial charge in [0.2, 0.25) is 11.8 Å². The van der Waals surface area contributed by atoms with E-state index in [0.29, 0.717) is 18.7 Å². The van der Waals surface area contributed by atoms with E-state index < -0.39 is 28.5 Å². The fourth-order valence-corrected chi connectivity index (χ4v) is 5.88. The van der Waals surface area contributed by atoms with Gasteiger partial charge in [-0.25, -0.2) is 8.42 Å². The number of rotatable bonds is 12. The Morgan fingerprint density at radius 3 is 2.10 bits per heavy atom. The summed E-state index contributed by atoms with van der Waals surface area (Å²) >= 11 is 2.15. The lowest BCUT2D eigenvalue weighted by atomic mass is 10.1. The highest BCUT2D eigenvalue weighted by molar-refractivity contribution is 14.1. The van der Waals surface area contributed by atoms with Crippen molar-refractivity contribution in [3.8, 4) is 0 Å². The molecular weight excluding hydrogens is 625 g/mol. The van der Waals surface area contributed by atoms with Crippen LogP contribution in [0.15, 0.2) is 83.8 Å². The van der Waals surface area contributed by atoms with Crippen molar-refractivity contribution in [3.63, 3.8) is 0 Å².